The zero-order valence-corrected chi connectivity index (χ0v) is 17.4. The second-order valence-corrected chi connectivity index (χ2v) is 8.49. The van der Waals surface area contributed by atoms with E-state index in [4.69, 9.17) is 0 Å². The maximum absolute atomic E-state index is 4.58. The van der Waals surface area contributed by atoms with Gasteiger partial charge in [0.15, 0.2) is 5.96 Å². The van der Waals surface area contributed by atoms with Gasteiger partial charge in [-0.05, 0) is 26.8 Å². The summed E-state index contributed by atoms with van der Waals surface area (Å²) in [5.41, 5.74) is 1.12. The minimum Gasteiger partial charge on any atom is -0.355 e. The summed E-state index contributed by atoms with van der Waals surface area (Å²) < 4.78 is 0. The molecule has 1 aromatic rings. The molecule has 2 N–H and O–H groups in total. The fourth-order valence-electron chi connectivity index (χ4n) is 3.14. The molecule has 1 saturated heterocycles. The van der Waals surface area contributed by atoms with Gasteiger partial charge < -0.3 is 15.5 Å². The molecule has 0 saturated carbocycles. The number of thiazole rings is 1. The van der Waals surface area contributed by atoms with E-state index >= 15 is 0 Å². The maximum atomic E-state index is 4.58. The molecule has 0 aromatic carbocycles. The standard InChI is InChI=1S/C18H34N6S/c1-13(2)16(24-9-7-23(6)8-10-24)11-20-18(19-5)21-12-17-22-14(3)15(4)25-17/h13,16H,7-12H2,1-6H3,(H2,19,20,21). The molecule has 142 valence electrons. The largest absolute Gasteiger partial charge is 0.355 e. The first-order valence-electron chi connectivity index (χ1n) is 9.20. The van der Waals surface area contributed by atoms with E-state index in [0.717, 1.165) is 55.9 Å². The minimum absolute atomic E-state index is 0.525. The van der Waals surface area contributed by atoms with Crippen LogP contribution in [0.5, 0.6) is 0 Å². The lowest BCUT2D eigenvalue weighted by Crippen LogP contribution is -2.55. The van der Waals surface area contributed by atoms with Crippen LogP contribution in [-0.2, 0) is 6.54 Å². The summed E-state index contributed by atoms with van der Waals surface area (Å²) in [4.78, 5) is 15.2. The number of hydrogen-bond donors (Lipinski definition) is 2. The number of rotatable bonds is 6. The third-order valence-electron chi connectivity index (χ3n) is 4.96. The van der Waals surface area contributed by atoms with Gasteiger partial charge in [-0.15, -0.1) is 11.3 Å². The Morgan fingerprint density at radius 2 is 1.88 bits per heavy atom. The lowest BCUT2D eigenvalue weighted by molar-refractivity contribution is 0.0900. The monoisotopic (exact) mass is 366 g/mol. The molecule has 0 spiro atoms. The van der Waals surface area contributed by atoms with Gasteiger partial charge in [0, 0.05) is 50.7 Å². The highest BCUT2D eigenvalue weighted by atomic mass is 32.1. The average molecular weight is 367 g/mol. The summed E-state index contributed by atoms with van der Waals surface area (Å²) in [5.74, 6) is 1.46. The number of guanidine groups is 1. The third-order valence-corrected chi connectivity index (χ3v) is 6.03. The predicted molar refractivity (Wildman–Crippen MR) is 107 cm³/mol. The molecule has 0 bridgehead atoms. The summed E-state index contributed by atoms with van der Waals surface area (Å²) >= 11 is 1.75. The van der Waals surface area contributed by atoms with Gasteiger partial charge in [-0.3, -0.25) is 9.89 Å². The number of aliphatic imine (C=N–C) groups is 1. The Morgan fingerprint density at radius 3 is 2.40 bits per heavy atom. The van der Waals surface area contributed by atoms with Crippen LogP contribution in [0.25, 0.3) is 0 Å². The van der Waals surface area contributed by atoms with Crippen LogP contribution in [-0.4, -0.2) is 73.6 Å². The predicted octanol–water partition coefficient (Wildman–Crippen LogP) is 1.70. The average Bonchev–Trinajstić information content (AvgIpc) is 2.90. The van der Waals surface area contributed by atoms with E-state index in [1.54, 1.807) is 11.3 Å². The lowest BCUT2D eigenvalue weighted by Gasteiger charge is -2.40. The van der Waals surface area contributed by atoms with Gasteiger partial charge in [0.2, 0.25) is 0 Å². The van der Waals surface area contributed by atoms with Crippen LogP contribution in [0.15, 0.2) is 4.99 Å². The van der Waals surface area contributed by atoms with Crippen molar-refractivity contribution in [2.45, 2.75) is 40.3 Å². The second kappa shape index (κ2) is 9.50. The molecule has 1 aliphatic rings. The molecule has 2 heterocycles. The van der Waals surface area contributed by atoms with Crippen LogP contribution in [0.1, 0.15) is 29.4 Å². The van der Waals surface area contributed by atoms with Crippen molar-refractivity contribution >= 4 is 17.3 Å². The van der Waals surface area contributed by atoms with Crippen LogP contribution < -0.4 is 10.6 Å². The normalized spacial score (nSPS) is 18.6. The van der Waals surface area contributed by atoms with Crippen molar-refractivity contribution in [3.8, 4) is 0 Å². The zero-order chi connectivity index (χ0) is 18.4. The zero-order valence-electron chi connectivity index (χ0n) is 16.6. The van der Waals surface area contributed by atoms with Gasteiger partial charge >= 0.3 is 0 Å². The van der Waals surface area contributed by atoms with Gasteiger partial charge in [-0.2, -0.15) is 0 Å². The molecule has 1 aliphatic heterocycles. The highest BCUT2D eigenvalue weighted by molar-refractivity contribution is 7.11. The lowest BCUT2D eigenvalue weighted by atomic mass is 10.0. The minimum atomic E-state index is 0.525. The Bertz CT molecular complexity index is 540. The third kappa shape index (κ3) is 5.94. The van der Waals surface area contributed by atoms with Crippen molar-refractivity contribution in [3.63, 3.8) is 0 Å². The summed E-state index contributed by atoms with van der Waals surface area (Å²) in [5, 5.41) is 8.01. The highest BCUT2D eigenvalue weighted by Crippen LogP contribution is 2.16. The van der Waals surface area contributed by atoms with E-state index < -0.39 is 0 Å². The van der Waals surface area contributed by atoms with Gasteiger partial charge in [-0.1, -0.05) is 13.8 Å². The summed E-state index contributed by atoms with van der Waals surface area (Å²) in [7, 11) is 4.03. The quantitative estimate of drug-likeness (QED) is 0.593. The second-order valence-electron chi connectivity index (χ2n) is 7.21. The van der Waals surface area contributed by atoms with Gasteiger partial charge in [-0.25, -0.2) is 4.98 Å². The van der Waals surface area contributed by atoms with Crippen molar-refractivity contribution < 1.29 is 0 Å². The fourth-order valence-corrected chi connectivity index (χ4v) is 4.01. The Labute approximate surface area is 156 Å². The Morgan fingerprint density at radius 1 is 1.20 bits per heavy atom. The van der Waals surface area contributed by atoms with Crippen molar-refractivity contribution in [1.82, 2.24) is 25.4 Å². The van der Waals surface area contributed by atoms with Gasteiger partial charge in [0.25, 0.3) is 0 Å². The van der Waals surface area contributed by atoms with Crippen LogP contribution >= 0.6 is 11.3 Å². The Hall–Kier alpha value is -1.18. The highest BCUT2D eigenvalue weighted by Gasteiger charge is 2.25. The summed E-state index contributed by atoms with van der Waals surface area (Å²) in [6.07, 6.45) is 0. The molecule has 7 heteroatoms. The van der Waals surface area contributed by atoms with Crippen LogP contribution in [0, 0.1) is 19.8 Å². The number of nitrogens with zero attached hydrogens (tertiary/aromatic N) is 4. The van der Waals surface area contributed by atoms with Gasteiger partial charge in [0.1, 0.15) is 5.01 Å². The van der Waals surface area contributed by atoms with Crippen molar-refractivity contribution in [2.75, 3.05) is 46.8 Å². The number of aryl methyl sites for hydroxylation is 2. The SMILES string of the molecule is CN=C(NCc1nc(C)c(C)s1)NCC(C(C)C)N1CCN(C)CC1. The fraction of sp³-hybridized carbons (Fsp3) is 0.778. The van der Waals surface area contributed by atoms with E-state index in [1.165, 1.54) is 4.88 Å². The van der Waals surface area contributed by atoms with Crippen molar-refractivity contribution in [1.29, 1.82) is 0 Å². The summed E-state index contributed by atoms with van der Waals surface area (Å²) in [6.45, 7) is 15.0. The first-order valence-corrected chi connectivity index (χ1v) is 10.0. The smallest absolute Gasteiger partial charge is 0.191 e. The molecule has 1 atom stereocenters. The number of piperazine rings is 1. The van der Waals surface area contributed by atoms with Crippen LogP contribution in [0.2, 0.25) is 0 Å². The number of aromatic nitrogens is 1. The van der Waals surface area contributed by atoms with E-state index in [1.807, 2.05) is 7.05 Å². The molecule has 0 radical (unpaired) electrons. The molecule has 6 nitrogen and oxygen atoms in total. The number of hydrogen-bond acceptors (Lipinski definition) is 5. The molecular formula is C18H34N6S. The van der Waals surface area contributed by atoms with E-state index in [0.29, 0.717) is 12.0 Å². The van der Waals surface area contributed by atoms with Crippen molar-refractivity contribution in [3.05, 3.63) is 15.6 Å². The molecular weight excluding hydrogens is 332 g/mol. The number of nitrogens with one attached hydrogen (secondary N) is 2. The molecule has 1 unspecified atom stereocenters. The van der Waals surface area contributed by atoms with Gasteiger partial charge in [0.05, 0.1) is 12.2 Å². The van der Waals surface area contributed by atoms with Crippen LogP contribution in [0.4, 0.5) is 0 Å². The first kappa shape index (κ1) is 20.1. The Balaban J connectivity index is 1.84. The maximum Gasteiger partial charge on any atom is 0.191 e. The van der Waals surface area contributed by atoms with E-state index in [9.17, 15) is 0 Å². The molecule has 1 aromatic heterocycles. The molecule has 1 fully saturated rings. The van der Waals surface area contributed by atoms with Crippen molar-refractivity contribution in [2.24, 2.45) is 10.9 Å². The van der Waals surface area contributed by atoms with E-state index in [-0.39, 0.29) is 0 Å². The van der Waals surface area contributed by atoms with E-state index in [2.05, 4.69) is 65.2 Å². The molecule has 25 heavy (non-hydrogen) atoms. The number of likely N-dealkylation sites (N-methyl/N-ethyl adjacent to an activating group) is 1. The molecule has 0 aliphatic carbocycles. The topological polar surface area (TPSA) is 55.8 Å². The Kier molecular flexibility index (Phi) is 7.65. The molecule has 0 amide bonds. The van der Waals surface area contributed by atoms with Crippen LogP contribution in [0.3, 0.4) is 0 Å². The first-order chi connectivity index (χ1) is 11.9. The summed E-state index contributed by atoms with van der Waals surface area (Å²) in [6, 6.07) is 0.525. The molecule has 2 rings (SSSR count).